The minimum atomic E-state index is -0.136. The van der Waals surface area contributed by atoms with Crippen molar-refractivity contribution >= 4 is 0 Å². The predicted octanol–water partition coefficient (Wildman–Crippen LogP) is 4.43. The second-order valence-corrected chi connectivity index (χ2v) is 6.65. The lowest BCUT2D eigenvalue weighted by Gasteiger charge is -2.31. The van der Waals surface area contributed by atoms with Gasteiger partial charge in [-0.25, -0.2) is 0 Å². The number of aromatic hydroxyl groups is 2. The molecule has 0 radical (unpaired) electrons. The Kier molecular flexibility index (Phi) is 5.89. The van der Waals surface area contributed by atoms with Crippen LogP contribution in [0.2, 0.25) is 0 Å². The van der Waals surface area contributed by atoms with Crippen LogP contribution in [-0.2, 0) is 6.42 Å². The Hall–Kier alpha value is -1.74. The molecule has 1 aromatic rings. The Balaban J connectivity index is 2.43. The van der Waals surface area contributed by atoms with Gasteiger partial charge in [-0.3, -0.25) is 0 Å². The minimum absolute atomic E-state index is 0.0233. The maximum Gasteiger partial charge on any atom is 0.123 e. The Bertz CT molecular complexity index is 578. The zero-order chi connectivity index (χ0) is 17.0. The fraction of sp³-hybridized carbons (Fsp3) is 0.500. The van der Waals surface area contributed by atoms with Crippen molar-refractivity contribution in [3.63, 3.8) is 0 Å². The summed E-state index contributed by atoms with van der Waals surface area (Å²) >= 11 is 0. The molecule has 1 aliphatic rings. The van der Waals surface area contributed by atoms with Crippen molar-refractivity contribution in [2.75, 3.05) is 6.61 Å². The van der Waals surface area contributed by atoms with Crippen molar-refractivity contribution in [1.82, 2.24) is 0 Å². The number of phenolic OH excluding ortho intramolecular Hbond substituents is 2. The van der Waals surface area contributed by atoms with E-state index in [2.05, 4.69) is 13.5 Å². The number of hydrogen-bond donors (Lipinski definition) is 3. The molecule has 0 heterocycles. The van der Waals surface area contributed by atoms with Crippen LogP contribution in [0.1, 0.15) is 56.6 Å². The lowest BCUT2D eigenvalue weighted by molar-refractivity contribution is 0.314. The molecule has 23 heavy (non-hydrogen) atoms. The molecule has 0 saturated carbocycles. The van der Waals surface area contributed by atoms with Crippen molar-refractivity contribution in [1.29, 1.82) is 0 Å². The quantitative estimate of drug-likeness (QED) is 0.680. The van der Waals surface area contributed by atoms with E-state index >= 15 is 0 Å². The second kappa shape index (κ2) is 7.69. The first-order valence-corrected chi connectivity index (χ1v) is 8.48. The molecule has 1 unspecified atom stereocenters. The molecule has 0 aromatic heterocycles. The predicted molar refractivity (Wildman–Crippen MR) is 93.8 cm³/mol. The number of benzene rings is 1. The van der Waals surface area contributed by atoms with E-state index in [9.17, 15) is 15.3 Å². The van der Waals surface area contributed by atoms with E-state index in [-0.39, 0.29) is 29.9 Å². The number of hydrogen-bond acceptors (Lipinski definition) is 3. The number of aliphatic hydroxyl groups is 1. The van der Waals surface area contributed by atoms with E-state index in [1.165, 1.54) is 0 Å². The zero-order valence-electron chi connectivity index (χ0n) is 14.2. The molecule has 0 spiro atoms. The van der Waals surface area contributed by atoms with Crippen LogP contribution in [0.25, 0.3) is 0 Å². The van der Waals surface area contributed by atoms with Gasteiger partial charge in [0.2, 0.25) is 0 Å². The van der Waals surface area contributed by atoms with Crippen molar-refractivity contribution in [2.45, 2.75) is 51.9 Å². The summed E-state index contributed by atoms with van der Waals surface area (Å²) in [4.78, 5) is 0. The molecule has 2 rings (SSSR count). The minimum Gasteiger partial charge on any atom is -0.507 e. The summed E-state index contributed by atoms with van der Waals surface area (Å²) < 4.78 is 0. The highest BCUT2D eigenvalue weighted by molar-refractivity contribution is 5.51. The summed E-state index contributed by atoms with van der Waals surface area (Å²) in [6.45, 7) is 8.20. The van der Waals surface area contributed by atoms with Crippen molar-refractivity contribution < 1.29 is 15.3 Å². The standard InChI is InChI=1S/C20H28O3/c1-4-5-6-14-10-18(22)20(19(23)11-14)17-9-15(12-21)7-8-16(17)13(2)3/h9-11,16-17,21-23H,2,4-8,12H2,1,3H3/t16-,17?/m0/s1. The summed E-state index contributed by atoms with van der Waals surface area (Å²) in [6.07, 6.45) is 6.66. The van der Waals surface area contributed by atoms with Gasteiger partial charge in [0.15, 0.2) is 0 Å². The van der Waals surface area contributed by atoms with Crippen molar-refractivity contribution in [3.8, 4) is 11.5 Å². The van der Waals surface area contributed by atoms with E-state index in [1.54, 1.807) is 12.1 Å². The number of aliphatic hydroxyl groups excluding tert-OH is 1. The zero-order valence-corrected chi connectivity index (χ0v) is 14.2. The molecule has 0 bridgehead atoms. The number of allylic oxidation sites excluding steroid dienone is 2. The normalized spacial score (nSPS) is 21.1. The van der Waals surface area contributed by atoms with Gasteiger partial charge in [0.1, 0.15) is 11.5 Å². The highest BCUT2D eigenvalue weighted by Gasteiger charge is 2.30. The number of rotatable bonds is 6. The third-order valence-corrected chi connectivity index (χ3v) is 4.81. The molecule has 2 atom stereocenters. The highest BCUT2D eigenvalue weighted by atomic mass is 16.3. The van der Waals surface area contributed by atoms with E-state index in [0.717, 1.165) is 48.8 Å². The molecule has 0 aliphatic heterocycles. The van der Waals surface area contributed by atoms with Crippen LogP contribution in [-0.4, -0.2) is 21.9 Å². The van der Waals surface area contributed by atoms with Crippen LogP contribution in [0.3, 0.4) is 0 Å². The lowest BCUT2D eigenvalue weighted by atomic mass is 9.73. The van der Waals surface area contributed by atoms with Gasteiger partial charge >= 0.3 is 0 Å². The van der Waals surface area contributed by atoms with Gasteiger partial charge in [-0.2, -0.15) is 0 Å². The van der Waals surface area contributed by atoms with Crippen molar-refractivity contribution in [2.24, 2.45) is 5.92 Å². The summed E-state index contributed by atoms with van der Waals surface area (Å²) in [5.74, 6) is 0.317. The topological polar surface area (TPSA) is 60.7 Å². The summed E-state index contributed by atoms with van der Waals surface area (Å²) in [5, 5.41) is 30.4. The Morgan fingerprint density at radius 1 is 1.26 bits per heavy atom. The van der Waals surface area contributed by atoms with Gasteiger partial charge < -0.3 is 15.3 Å². The molecule has 1 aliphatic carbocycles. The van der Waals surface area contributed by atoms with E-state index < -0.39 is 0 Å². The van der Waals surface area contributed by atoms with Gasteiger partial charge in [-0.05, 0) is 61.8 Å². The van der Waals surface area contributed by atoms with Crippen LogP contribution in [0, 0.1) is 5.92 Å². The maximum absolute atomic E-state index is 10.5. The Morgan fingerprint density at radius 2 is 1.91 bits per heavy atom. The number of aryl methyl sites for hydroxylation is 1. The fourth-order valence-corrected chi connectivity index (χ4v) is 3.49. The van der Waals surface area contributed by atoms with Crippen LogP contribution < -0.4 is 0 Å². The largest absolute Gasteiger partial charge is 0.507 e. The first kappa shape index (κ1) is 17.6. The molecular formula is C20H28O3. The molecule has 1 aromatic carbocycles. The van der Waals surface area contributed by atoms with Crippen LogP contribution in [0.5, 0.6) is 11.5 Å². The van der Waals surface area contributed by atoms with Crippen molar-refractivity contribution in [3.05, 3.63) is 47.1 Å². The summed E-state index contributed by atoms with van der Waals surface area (Å²) in [5.41, 5.74) is 3.52. The van der Waals surface area contributed by atoms with E-state index in [0.29, 0.717) is 5.56 Å². The third-order valence-electron chi connectivity index (χ3n) is 4.81. The third kappa shape index (κ3) is 3.97. The first-order valence-electron chi connectivity index (χ1n) is 8.48. The van der Waals surface area contributed by atoms with Crippen LogP contribution in [0.4, 0.5) is 0 Å². The monoisotopic (exact) mass is 316 g/mol. The summed E-state index contributed by atoms with van der Waals surface area (Å²) in [7, 11) is 0. The second-order valence-electron chi connectivity index (χ2n) is 6.65. The maximum atomic E-state index is 10.5. The van der Waals surface area contributed by atoms with E-state index in [1.807, 2.05) is 13.0 Å². The number of unbranched alkanes of at least 4 members (excludes halogenated alkanes) is 1. The molecule has 3 heteroatoms. The Morgan fingerprint density at radius 3 is 2.43 bits per heavy atom. The molecule has 0 fully saturated rings. The molecule has 0 saturated heterocycles. The molecule has 3 N–H and O–H groups in total. The van der Waals surface area contributed by atoms with Crippen LogP contribution >= 0.6 is 0 Å². The first-order chi connectivity index (χ1) is 11.0. The molecule has 126 valence electrons. The molecule has 3 nitrogen and oxygen atoms in total. The average Bonchev–Trinajstić information content (AvgIpc) is 2.51. The van der Waals surface area contributed by atoms with Gasteiger partial charge in [0.05, 0.1) is 6.61 Å². The SMILES string of the molecule is C=C(C)[C@@H]1CCC(CO)=CC1c1c(O)cc(CCCC)cc1O. The lowest BCUT2D eigenvalue weighted by Crippen LogP contribution is -2.18. The fourth-order valence-electron chi connectivity index (χ4n) is 3.49. The summed E-state index contributed by atoms with van der Waals surface area (Å²) in [6, 6.07) is 3.53. The van der Waals surface area contributed by atoms with Gasteiger partial charge in [0, 0.05) is 11.5 Å². The van der Waals surface area contributed by atoms with E-state index in [4.69, 9.17) is 0 Å². The van der Waals surface area contributed by atoms with Gasteiger partial charge in [0.25, 0.3) is 0 Å². The van der Waals surface area contributed by atoms with Crippen LogP contribution in [0.15, 0.2) is 35.9 Å². The smallest absolute Gasteiger partial charge is 0.123 e. The molecular weight excluding hydrogens is 288 g/mol. The Labute approximate surface area is 139 Å². The highest BCUT2D eigenvalue weighted by Crippen LogP contribution is 2.46. The number of phenols is 2. The molecule has 0 amide bonds. The van der Waals surface area contributed by atoms with Gasteiger partial charge in [-0.15, -0.1) is 0 Å². The average molecular weight is 316 g/mol. The van der Waals surface area contributed by atoms with Gasteiger partial charge in [-0.1, -0.05) is 31.6 Å².